The second-order valence-corrected chi connectivity index (χ2v) is 11.4. The number of anilines is 1. The van der Waals surface area contributed by atoms with Crippen molar-refractivity contribution >= 4 is 31.4 Å². The number of imidazole rings is 1. The first kappa shape index (κ1) is 27.5. The molecule has 1 aliphatic rings. The Balaban J connectivity index is 1.59. The maximum absolute atomic E-state index is 16.2. The van der Waals surface area contributed by atoms with Gasteiger partial charge in [-0.2, -0.15) is 0 Å². The Labute approximate surface area is 231 Å². The maximum atomic E-state index is 16.2. The van der Waals surface area contributed by atoms with Crippen molar-refractivity contribution < 1.29 is 19.6 Å². The van der Waals surface area contributed by atoms with E-state index in [9.17, 15) is 4.79 Å². The van der Waals surface area contributed by atoms with Crippen molar-refractivity contribution in [3.8, 4) is 0 Å². The molecule has 1 saturated carbocycles. The first-order valence-electron chi connectivity index (χ1n) is 13.7. The molecule has 1 aromatic carbocycles. The molecule has 1 N–H and O–H groups in total. The zero-order valence-corrected chi connectivity index (χ0v) is 23.5. The van der Waals surface area contributed by atoms with E-state index in [0.717, 1.165) is 0 Å². The molecule has 2 aromatic heterocycles. The van der Waals surface area contributed by atoms with Crippen LogP contribution >= 0.6 is 8.53 Å². The average molecular weight is 557 g/mol. The van der Waals surface area contributed by atoms with E-state index >= 15 is 4.39 Å². The summed E-state index contributed by atoms with van der Waals surface area (Å²) in [6, 6.07) is 8.22. The molecule has 0 aliphatic heterocycles. The molecule has 5 atom stereocenters. The average Bonchev–Trinajstić information content (AvgIpc) is 3.50. The van der Waals surface area contributed by atoms with E-state index in [1.807, 2.05) is 33.8 Å². The number of nitrogens with zero attached hydrogens (tertiary/aromatic N) is 6. The van der Waals surface area contributed by atoms with Gasteiger partial charge in [-0.05, 0) is 52.2 Å². The van der Waals surface area contributed by atoms with Crippen LogP contribution < -0.4 is 5.32 Å². The molecule has 10 nitrogen and oxygen atoms in total. The first-order valence-corrected chi connectivity index (χ1v) is 14.1. The van der Waals surface area contributed by atoms with E-state index in [4.69, 9.17) is 17.0 Å². The van der Waals surface area contributed by atoms with Crippen LogP contribution in [0.15, 0.2) is 43.0 Å². The summed E-state index contributed by atoms with van der Waals surface area (Å²) in [5.41, 5.74) is 1.21. The predicted octanol–water partition coefficient (Wildman–Crippen LogP) is 5.66. The number of carbonyl (C=O) groups is 1. The number of alkyl halides is 1. The van der Waals surface area contributed by atoms with Crippen LogP contribution in [-0.4, -0.2) is 67.6 Å². The molecule has 0 spiro atoms. The van der Waals surface area contributed by atoms with Gasteiger partial charge in [0, 0.05) is 19.0 Å². The molecule has 0 radical (unpaired) electrons. The van der Waals surface area contributed by atoms with Gasteiger partial charge in [-0.15, -0.1) is 0 Å². The first-order chi connectivity index (χ1) is 19.3. The van der Waals surface area contributed by atoms with E-state index < -0.39 is 26.8 Å². The number of rotatable bonds is 11. The van der Waals surface area contributed by atoms with Crippen molar-refractivity contribution in [2.45, 2.75) is 71.4 Å². The Kier molecular flexibility index (Phi) is 9.09. The summed E-state index contributed by atoms with van der Waals surface area (Å²) in [4.78, 5) is 29.0. The quantitative estimate of drug-likeness (QED) is 0.185. The SMILES string of the molecule is [2H]C[C@H]1C[C@@H](n2cnc3c(NC(=O)c4ccccc4)ncnc32)[C@H](F)[C@@H]1OP(OCC[N+]#[C-])N(C(C)C)C(C)C. The lowest BCUT2D eigenvalue weighted by atomic mass is 10.1. The smallest absolute Gasteiger partial charge is 0.259 e. The van der Waals surface area contributed by atoms with E-state index in [1.165, 1.54) is 12.7 Å². The van der Waals surface area contributed by atoms with Gasteiger partial charge in [-0.3, -0.25) is 4.79 Å². The van der Waals surface area contributed by atoms with Gasteiger partial charge >= 0.3 is 0 Å². The number of fused-ring (bicyclic) bond motifs is 1. The fourth-order valence-corrected chi connectivity index (χ4v) is 6.61. The summed E-state index contributed by atoms with van der Waals surface area (Å²) < 4.78 is 40.5. The van der Waals surface area contributed by atoms with Gasteiger partial charge in [0.15, 0.2) is 17.0 Å². The van der Waals surface area contributed by atoms with Crippen molar-refractivity contribution in [1.29, 1.82) is 0 Å². The number of amides is 1. The number of aromatic nitrogens is 4. The highest BCUT2D eigenvalue weighted by Gasteiger charge is 2.46. The molecule has 1 amide bonds. The molecule has 1 unspecified atom stereocenters. The Morgan fingerprint density at radius 2 is 2.03 bits per heavy atom. The van der Waals surface area contributed by atoms with Crippen molar-refractivity contribution in [1.82, 2.24) is 24.2 Å². The molecule has 0 bridgehead atoms. The number of halogens is 1. The van der Waals surface area contributed by atoms with Gasteiger partial charge in [0.25, 0.3) is 14.4 Å². The summed E-state index contributed by atoms with van der Waals surface area (Å²) in [5.74, 6) is -0.488. The van der Waals surface area contributed by atoms with E-state index in [0.29, 0.717) is 23.1 Å². The fraction of sp³-hybridized carbons (Fsp3) is 0.519. The van der Waals surface area contributed by atoms with Crippen LogP contribution in [0.5, 0.6) is 0 Å². The molecule has 4 rings (SSSR count). The summed E-state index contributed by atoms with van der Waals surface area (Å²) >= 11 is 0. The molecule has 1 fully saturated rings. The second kappa shape index (κ2) is 12.9. The Morgan fingerprint density at radius 3 is 2.69 bits per heavy atom. The van der Waals surface area contributed by atoms with Crippen LogP contribution in [0.3, 0.4) is 0 Å². The van der Waals surface area contributed by atoms with E-state index in [1.54, 1.807) is 28.8 Å². The lowest BCUT2D eigenvalue weighted by Crippen LogP contribution is -2.36. The normalized spacial score (nSPS) is 22.4. The van der Waals surface area contributed by atoms with Gasteiger partial charge in [-0.1, -0.05) is 25.1 Å². The monoisotopic (exact) mass is 556 g/mol. The van der Waals surface area contributed by atoms with Crippen LogP contribution in [0.1, 0.15) is 58.8 Å². The molecule has 12 heteroatoms. The Morgan fingerprint density at radius 1 is 1.28 bits per heavy atom. The third kappa shape index (κ3) is 6.42. The van der Waals surface area contributed by atoms with Gasteiger partial charge in [0.2, 0.25) is 6.54 Å². The second-order valence-electron chi connectivity index (χ2n) is 9.96. The van der Waals surface area contributed by atoms with E-state index in [-0.39, 0.29) is 49.8 Å². The molecule has 0 saturated heterocycles. The number of hydrogen-bond acceptors (Lipinski definition) is 7. The minimum atomic E-state index is -1.66. The van der Waals surface area contributed by atoms with Crippen molar-refractivity contribution in [3.05, 3.63) is 60.0 Å². The lowest BCUT2D eigenvalue weighted by molar-refractivity contribution is 0.0616. The topological polar surface area (TPSA) is 98.8 Å². The molecular weight excluding hydrogens is 520 g/mol. The standard InChI is InChI=1S/C27H35FN7O3P/c1-17(2)35(18(3)4)39(37-13-12-29-6)38-24-19(5)14-21(22(24)28)34-16-32-23-25(30-15-31-26(23)34)33-27(36)20-10-8-7-9-11-20/h7-11,15-19,21-22,24H,12-14H2,1-5H3,(H,30,31,33,36)/t19-,21+,22-,24+,39?/m0/s1/i5D. The summed E-state index contributed by atoms with van der Waals surface area (Å²) in [6.45, 7) is 15.5. The van der Waals surface area contributed by atoms with E-state index in [2.05, 4.69) is 29.8 Å². The van der Waals surface area contributed by atoms with Gasteiger partial charge in [0.05, 0.1) is 12.4 Å². The van der Waals surface area contributed by atoms with Crippen molar-refractivity contribution in [2.24, 2.45) is 5.92 Å². The van der Waals surface area contributed by atoms with Crippen LogP contribution in [-0.2, 0) is 9.05 Å². The summed E-state index contributed by atoms with van der Waals surface area (Å²) in [7, 11) is -1.66. The molecule has 208 valence electrons. The Bertz CT molecular complexity index is 1310. The molecule has 2 heterocycles. The summed E-state index contributed by atoms with van der Waals surface area (Å²) in [6.07, 6.45) is 0.832. The van der Waals surface area contributed by atoms with Crippen LogP contribution in [0, 0.1) is 12.5 Å². The highest BCUT2D eigenvalue weighted by atomic mass is 31.2. The third-order valence-electron chi connectivity index (χ3n) is 6.54. The minimum Gasteiger partial charge on any atom is -0.315 e. The number of carbonyl (C=O) groups excluding carboxylic acids is 1. The molecular formula is C27H35FN7O3P. The van der Waals surface area contributed by atoms with Gasteiger partial charge in [-0.25, -0.2) is 30.6 Å². The van der Waals surface area contributed by atoms with Gasteiger partial charge < -0.3 is 23.8 Å². The Hall–Kier alpha value is -3.03. The third-order valence-corrected chi connectivity index (χ3v) is 8.67. The zero-order chi connectivity index (χ0) is 28.8. The predicted molar refractivity (Wildman–Crippen MR) is 149 cm³/mol. The van der Waals surface area contributed by atoms with Crippen LogP contribution in [0.2, 0.25) is 0 Å². The lowest BCUT2D eigenvalue weighted by Gasteiger charge is -2.37. The highest BCUT2D eigenvalue weighted by molar-refractivity contribution is 7.44. The zero-order valence-electron chi connectivity index (χ0n) is 23.6. The fourth-order valence-electron chi connectivity index (χ4n) is 4.81. The van der Waals surface area contributed by atoms with Crippen molar-refractivity contribution in [3.63, 3.8) is 0 Å². The highest BCUT2D eigenvalue weighted by Crippen LogP contribution is 2.52. The number of nitrogens with one attached hydrogen (secondary N) is 1. The maximum Gasteiger partial charge on any atom is 0.259 e. The van der Waals surface area contributed by atoms with Crippen LogP contribution in [0.4, 0.5) is 10.2 Å². The summed E-state index contributed by atoms with van der Waals surface area (Å²) in [5, 5.41) is 2.77. The largest absolute Gasteiger partial charge is 0.315 e. The molecule has 3 aromatic rings. The minimum absolute atomic E-state index is 0.0177. The molecule has 39 heavy (non-hydrogen) atoms. The molecule has 1 aliphatic carbocycles. The van der Waals surface area contributed by atoms with Gasteiger partial charge in [0.1, 0.15) is 25.2 Å². The number of benzene rings is 1. The van der Waals surface area contributed by atoms with Crippen molar-refractivity contribution in [2.75, 3.05) is 18.5 Å². The van der Waals surface area contributed by atoms with Crippen LogP contribution in [0.25, 0.3) is 16.0 Å². The number of hydrogen-bond donors (Lipinski definition) is 1.